The normalized spacial score (nSPS) is 10.3. The van der Waals surface area contributed by atoms with E-state index in [1.54, 1.807) is 6.07 Å². The van der Waals surface area contributed by atoms with E-state index in [0.29, 0.717) is 10.8 Å². The second-order valence-corrected chi connectivity index (χ2v) is 4.00. The van der Waals surface area contributed by atoms with Crippen LogP contribution in [0.3, 0.4) is 0 Å². The number of nitrogens with zero attached hydrogens (tertiary/aromatic N) is 2. The Hall–Kier alpha value is -1.30. The van der Waals surface area contributed by atoms with Crippen LogP contribution in [0.25, 0.3) is 0 Å². The van der Waals surface area contributed by atoms with Crippen molar-refractivity contribution in [2.75, 3.05) is 5.32 Å². The molecule has 88 valence electrons. The minimum absolute atomic E-state index is 0.0638. The van der Waals surface area contributed by atoms with Crippen molar-refractivity contribution in [3.8, 4) is 0 Å². The Morgan fingerprint density at radius 3 is 2.59 bits per heavy atom. The Morgan fingerprint density at radius 1 is 1.29 bits per heavy atom. The quantitative estimate of drug-likeness (QED) is 0.862. The molecule has 2 aromatic heterocycles. The van der Waals surface area contributed by atoms with E-state index >= 15 is 0 Å². The first-order chi connectivity index (χ1) is 8.06. The van der Waals surface area contributed by atoms with Crippen LogP contribution in [0.2, 0.25) is 15.5 Å². The van der Waals surface area contributed by atoms with Gasteiger partial charge < -0.3 is 9.73 Å². The van der Waals surface area contributed by atoms with E-state index in [2.05, 4.69) is 15.3 Å². The molecular weight excluding hydrogens is 288 g/mol. The molecule has 8 heteroatoms. The van der Waals surface area contributed by atoms with E-state index in [4.69, 9.17) is 39.2 Å². The fourth-order valence-electron chi connectivity index (χ4n) is 1.01. The monoisotopic (exact) mass is 291 g/mol. The third-order valence-electron chi connectivity index (χ3n) is 1.73. The zero-order valence-electron chi connectivity index (χ0n) is 8.08. The molecule has 1 amide bonds. The number of halogens is 3. The first-order valence-corrected chi connectivity index (χ1v) is 5.44. The standard InChI is InChI=1S/C9H4Cl3N3O2/c10-5-2-1-4(3-13-5)14-8(16)9-15-6(11)7(12)17-9/h1-3H,(H,14,16). The van der Waals surface area contributed by atoms with Gasteiger partial charge in [-0.3, -0.25) is 4.79 Å². The molecule has 0 saturated heterocycles. The molecule has 1 N–H and O–H groups in total. The zero-order valence-corrected chi connectivity index (χ0v) is 10.3. The lowest BCUT2D eigenvalue weighted by atomic mass is 10.4. The van der Waals surface area contributed by atoms with Gasteiger partial charge in [-0.05, 0) is 23.7 Å². The molecule has 2 rings (SSSR count). The van der Waals surface area contributed by atoms with Crippen molar-refractivity contribution in [2.24, 2.45) is 0 Å². The second-order valence-electron chi connectivity index (χ2n) is 2.91. The summed E-state index contributed by atoms with van der Waals surface area (Å²) in [5.74, 6) is -0.808. The molecule has 2 heterocycles. The van der Waals surface area contributed by atoms with Crippen LogP contribution in [0, 0.1) is 0 Å². The van der Waals surface area contributed by atoms with Crippen LogP contribution < -0.4 is 5.32 Å². The molecule has 0 unspecified atom stereocenters. The van der Waals surface area contributed by atoms with Gasteiger partial charge in [0.05, 0.1) is 11.9 Å². The molecule has 0 atom stereocenters. The Labute approximate surface area is 111 Å². The summed E-state index contributed by atoms with van der Waals surface area (Å²) in [6.07, 6.45) is 1.40. The van der Waals surface area contributed by atoms with Crippen molar-refractivity contribution in [1.29, 1.82) is 0 Å². The van der Waals surface area contributed by atoms with Gasteiger partial charge in [0.15, 0.2) is 5.15 Å². The highest BCUT2D eigenvalue weighted by Gasteiger charge is 2.16. The average Bonchev–Trinajstić information content (AvgIpc) is 2.63. The Bertz CT molecular complexity index is 534. The van der Waals surface area contributed by atoms with Gasteiger partial charge in [0.2, 0.25) is 5.22 Å². The van der Waals surface area contributed by atoms with Crippen molar-refractivity contribution >= 4 is 46.4 Å². The highest BCUT2D eigenvalue weighted by atomic mass is 35.5. The van der Waals surface area contributed by atoms with E-state index in [-0.39, 0.29) is 16.3 Å². The highest BCUT2D eigenvalue weighted by Crippen LogP contribution is 2.22. The maximum absolute atomic E-state index is 11.6. The van der Waals surface area contributed by atoms with E-state index in [9.17, 15) is 4.79 Å². The summed E-state index contributed by atoms with van der Waals surface area (Å²) in [5.41, 5.74) is 0.449. The second kappa shape index (κ2) is 4.91. The topological polar surface area (TPSA) is 68.0 Å². The number of hydrogen-bond donors (Lipinski definition) is 1. The van der Waals surface area contributed by atoms with Crippen molar-refractivity contribution in [3.05, 3.63) is 39.7 Å². The summed E-state index contributed by atoms with van der Waals surface area (Å²) in [4.78, 5) is 19.0. The zero-order chi connectivity index (χ0) is 12.4. The number of anilines is 1. The summed E-state index contributed by atoms with van der Waals surface area (Å²) in [6.45, 7) is 0. The number of rotatable bonds is 2. The first-order valence-electron chi connectivity index (χ1n) is 4.31. The number of nitrogens with one attached hydrogen (secondary N) is 1. The Morgan fingerprint density at radius 2 is 2.06 bits per heavy atom. The maximum atomic E-state index is 11.6. The molecule has 0 bridgehead atoms. The number of pyridine rings is 1. The summed E-state index contributed by atoms with van der Waals surface area (Å²) in [6, 6.07) is 3.12. The molecule has 0 radical (unpaired) electrons. The van der Waals surface area contributed by atoms with Gasteiger partial charge in [0.1, 0.15) is 5.15 Å². The first kappa shape index (κ1) is 12.2. The third kappa shape index (κ3) is 2.88. The largest absolute Gasteiger partial charge is 0.419 e. The van der Waals surface area contributed by atoms with Crippen molar-refractivity contribution in [3.63, 3.8) is 0 Å². The van der Waals surface area contributed by atoms with Gasteiger partial charge >= 0.3 is 5.91 Å². The number of aromatic nitrogens is 2. The molecule has 0 aliphatic rings. The molecule has 0 spiro atoms. The van der Waals surface area contributed by atoms with Gasteiger partial charge in [-0.25, -0.2) is 4.98 Å². The van der Waals surface area contributed by atoms with E-state index in [1.807, 2.05) is 0 Å². The summed E-state index contributed by atoms with van der Waals surface area (Å²) >= 11 is 16.7. The number of carbonyl (C=O) groups excluding carboxylic acids is 1. The summed E-state index contributed by atoms with van der Waals surface area (Å²) in [5, 5.41) is 2.62. The Balaban J connectivity index is 2.14. The smallest absolute Gasteiger partial charge is 0.311 e. The molecule has 0 fully saturated rings. The van der Waals surface area contributed by atoms with E-state index in [0.717, 1.165) is 0 Å². The predicted molar refractivity (Wildman–Crippen MR) is 63.7 cm³/mol. The van der Waals surface area contributed by atoms with Crippen LogP contribution in [0.5, 0.6) is 0 Å². The molecule has 0 aromatic carbocycles. The number of carbonyl (C=O) groups is 1. The lowest BCUT2D eigenvalue weighted by Gasteiger charge is -2.00. The molecular formula is C9H4Cl3N3O2. The maximum Gasteiger partial charge on any atom is 0.311 e. The van der Waals surface area contributed by atoms with Gasteiger partial charge in [-0.1, -0.05) is 23.2 Å². The fraction of sp³-hybridized carbons (Fsp3) is 0. The molecule has 5 nitrogen and oxygen atoms in total. The Kier molecular flexibility index (Phi) is 3.51. The van der Waals surface area contributed by atoms with E-state index in [1.165, 1.54) is 12.3 Å². The molecule has 0 saturated carbocycles. The summed E-state index contributed by atoms with van der Waals surface area (Å²) < 4.78 is 4.84. The van der Waals surface area contributed by atoms with Crippen LogP contribution in [-0.4, -0.2) is 15.9 Å². The SMILES string of the molecule is O=C(Nc1ccc(Cl)nc1)c1nc(Cl)c(Cl)o1. The molecule has 0 aliphatic heterocycles. The molecule has 17 heavy (non-hydrogen) atoms. The van der Waals surface area contributed by atoms with Gasteiger partial charge in [0, 0.05) is 0 Å². The van der Waals surface area contributed by atoms with E-state index < -0.39 is 5.91 Å². The fourth-order valence-corrected chi connectivity index (χ4v) is 1.36. The number of amides is 1. The molecule has 0 aliphatic carbocycles. The van der Waals surface area contributed by atoms with Crippen LogP contribution in [0.1, 0.15) is 10.7 Å². The highest BCUT2D eigenvalue weighted by molar-refractivity contribution is 6.40. The van der Waals surface area contributed by atoms with Gasteiger partial charge in [-0.15, -0.1) is 0 Å². The predicted octanol–water partition coefficient (Wildman–Crippen LogP) is 3.28. The minimum Gasteiger partial charge on any atom is -0.419 e. The van der Waals surface area contributed by atoms with Crippen molar-refractivity contribution < 1.29 is 9.21 Å². The minimum atomic E-state index is -0.581. The van der Waals surface area contributed by atoms with Crippen molar-refractivity contribution in [1.82, 2.24) is 9.97 Å². The van der Waals surface area contributed by atoms with Crippen molar-refractivity contribution in [2.45, 2.75) is 0 Å². The number of oxazole rings is 1. The van der Waals surface area contributed by atoms with Crippen LogP contribution in [0.4, 0.5) is 5.69 Å². The molecule has 2 aromatic rings. The van der Waals surface area contributed by atoms with Gasteiger partial charge in [-0.2, -0.15) is 4.98 Å². The number of hydrogen-bond acceptors (Lipinski definition) is 4. The third-order valence-corrected chi connectivity index (χ3v) is 2.56. The van der Waals surface area contributed by atoms with Crippen LogP contribution in [0.15, 0.2) is 22.7 Å². The van der Waals surface area contributed by atoms with Crippen LogP contribution >= 0.6 is 34.8 Å². The van der Waals surface area contributed by atoms with Crippen LogP contribution in [-0.2, 0) is 0 Å². The average molecular weight is 293 g/mol. The van der Waals surface area contributed by atoms with Gasteiger partial charge in [0.25, 0.3) is 5.89 Å². The lowest BCUT2D eigenvalue weighted by Crippen LogP contribution is -2.12. The lowest BCUT2D eigenvalue weighted by molar-refractivity contribution is 0.0990. The summed E-state index contributed by atoms with van der Waals surface area (Å²) in [7, 11) is 0.